The molecule has 0 radical (unpaired) electrons. The number of nitrogens with one attached hydrogen (secondary N) is 1. The second kappa shape index (κ2) is 5.11. The first-order valence-electron chi connectivity index (χ1n) is 5.85. The highest BCUT2D eigenvalue weighted by molar-refractivity contribution is 5.88. The zero-order chi connectivity index (χ0) is 12.3. The van der Waals surface area contributed by atoms with Crippen molar-refractivity contribution in [2.75, 3.05) is 6.54 Å². The van der Waals surface area contributed by atoms with Gasteiger partial charge >= 0.3 is 0 Å². The van der Waals surface area contributed by atoms with Crippen LogP contribution in [0, 0.1) is 10.8 Å². The zero-order valence-corrected chi connectivity index (χ0v) is 11.4. The second-order valence-electron chi connectivity index (χ2n) is 6.49. The SMILES string of the molecule is CCN[C@@H](CC(C)(C)C)C(=O)C(C)(C)C. The minimum atomic E-state index is -0.252. The van der Waals surface area contributed by atoms with Crippen LogP contribution >= 0.6 is 0 Å². The molecule has 2 heteroatoms. The van der Waals surface area contributed by atoms with Gasteiger partial charge < -0.3 is 5.32 Å². The molecular weight excluding hydrogens is 186 g/mol. The molecule has 0 aromatic carbocycles. The molecule has 0 rings (SSSR count). The van der Waals surface area contributed by atoms with Crippen LogP contribution in [0.15, 0.2) is 0 Å². The molecule has 0 bridgehead atoms. The van der Waals surface area contributed by atoms with Crippen LogP contribution in [-0.2, 0) is 4.79 Å². The van der Waals surface area contributed by atoms with Crippen molar-refractivity contribution >= 4 is 5.78 Å². The maximum Gasteiger partial charge on any atom is 0.155 e. The van der Waals surface area contributed by atoms with Gasteiger partial charge in [-0.05, 0) is 18.4 Å². The summed E-state index contributed by atoms with van der Waals surface area (Å²) < 4.78 is 0. The van der Waals surface area contributed by atoms with Gasteiger partial charge in [0.1, 0.15) is 0 Å². The lowest BCUT2D eigenvalue weighted by atomic mass is 9.79. The Hall–Kier alpha value is -0.370. The van der Waals surface area contributed by atoms with Gasteiger partial charge in [0.25, 0.3) is 0 Å². The maximum atomic E-state index is 12.2. The molecule has 0 spiro atoms. The highest BCUT2D eigenvalue weighted by atomic mass is 16.1. The minimum Gasteiger partial charge on any atom is -0.308 e. The van der Waals surface area contributed by atoms with E-state index < -0.39 is 0 Å². The van der Waals surface area contributed by atoms with E-state index in [1.54, 1.807) is 0 Å². The average molecular weight is 213 g/mol. The van der Waals surface area contributed by atoms with Gasteiger partial charge in [-0.15, -0.1) is 0 Å². The summed E-state index contributed by atoms with van der Waals surface area (Å²) in [4.78, 5) is 12.2. The van der Waals surface area contributed by atoms with Crippen LogP contribution in [0.5, 0.6) is 0 Å². The standard InChI is InChI=1S/C13H27NO/c1-8-14-10(9-12(2,3)4)11(15)13(5,6)7/h10,14H,8-9H2,1-7H3/t10-/m0/s1. The summed E-state index contributed by atoms with van der Waals surface area (Å²) in [7, 11) is 0. The molecule has 1 N–H and O–H groups in total. The molecule has 0 amide bonds. The van der Waals surface area contributed by atoms with Crippen molar-refractivity contribution in [1.82, 2.24) is 5.32 Å². The maximum absolute atomic E-state index is 12.2. The number of likely N-dealkylation sites (N-methyl/N-ethyl adjacent to an activating group) is 1. The number of Topliss-reactive ketones (excluding diaryl/α,β-unsaturated/α-hetero) is 1. The quantitative estimate of drug-likeness (QED) is 0.778. The normalized spacial score (nSPS) is 15.1. The fourth-order valence-corrected chi connectivity index (χ4v) is 1.64. The van der Waals surface area contributed by atoms with Crippen molar-refractivity contribution in [2.24, 2.45) is 10.8 Å². The summed E-state index contributed by atoms with van der Waals surface area (Å²) in [6.07, 6.45) is 0.900. The third kappa shape index (κ3) is 5.93. The van der Waals surface area contributed by atoms with E-state index in [1.807, 2.05) is 27.7 Å². The molecule has 0 fully saturated rings. The summed E-state index contributed by atoms with van der Waals surface area (Å²) in [6, 6.07) is -0.00463. The van der Waals surface area contributed by atoms with E-state index in [-0.39, 0.29) is 16.9 Å². The van der Waals surface area contributed by atoms with E-state index in [0.717, 1.165) is 13.0 Å². The van der Waals surface area contributed by atoms with E-state index in [9.17, 15) is 4.79 Å². The number of ketones is 1. The Morgan fingerprint density at radius 2 is 1.60 bits per heavy atom. The molecule has 0 aliphatic carbocycles. The topological polar surface area (TPSA) is 29.1 Å². The van der Waals surface area contributed by atoms with Crippen molar-refractivity contribution in [3.8, 4) is 0 Å². The summed E-state index contributed by atoms with van der Waals surface area (Å²) >= 11 is 0. The average Bonchev–Trinajstić information content (AvgIpc) is 1.98. The van der Waals surface area contributed by atoms with Gasteiger partial charge in [-0.3, -0.25) is 4.79 Å². The van der Waals surface area contributed by atoms with Crippen LogP contribution in [0.25, 0.3) is 0 Å². The fourth-order valence-electron chi connectivity index (χ4n) is 1.64. The first-order chi connectivity index (χ1) is 6.58. The van der Waals surface area contributed by atoms with Crippen molar-refractivity contribution in [3.05, 3.63) is 0 Å². The van der Waals surface area contributed by atoms with E-state index in [4.69, 9.17) is 0 Å². The Morgan fingerprint density at radius 3 is 1.87 bits per heavy atom. The van der Waals surface area contributed by atoms with Crippen LogP contribution in [0.4, 0.5) is 0 Å². The largest absolute Gasteiger partial charge is 0.308 e. The van der Waals surface area contributed by atoms with Crippen molar-refractivity contribution in [2.45, 2.75) is 60.9 Å². The van der Waals surface area contributed by atoms with Gasteiger partial charge in [-0.1, -0.05) is 48.5 Å². The predicted octanol–water partition coefficient (Wildman–Crippen LogP) is 3.02. The molecule has 0 saturated heterocycles. The summed E-state index contributed by atoms with van der Waals surface area (Å²) in [5, 5.41) is 3.30. The van der Waals surface area contributed by atoms with Gasteiger partial charge in [0.05, 0.1) is 6.04 Å². The molecule has 0 aliphatic rings. The molecule has 15 heavy (non-hydrogen) atoms. The number of hydrogen-bond donors (Lipinski definition) is 1. The van der Waals surface area contributed by atoms with Crippen molar-refractivity contribution < 1.29 is 4.79 Å². The molecule has 0 heterocycles. The van der Waals surface area contributed by atoms with Crippen LogP contribution in [0.2, 0.25) is 0 Å². The number of carbonyl (C=O) groups is 1. The Kier molecular flexibility index (Phi) is 4.98. The van der Waals surface area contributed by atoms with Gasteiger partial charge in [0.15, 0.2) is 5.78 Å². The van der Waals surface area contributed by atoms with Crippen molar-refractivity contribution in [1.29, 1.82) is 0 Å². The van der Waals surface area contributed by atoms with E-state index >= 15 is 0 Å². The number of hydrogen-bond acceptors (Lipinski definition) is 2. The third-order valence-electron chi connectivity index (χ3n) is 2.32. The Bertz CT molecular complexity index is 208. The molecule has 90 valence electrons. The van der Waals surface area contributed by atoms with Crippen LogP contribution in [0.1, 0.15) is 54.9 Å². The highest BCUT2D eigenvalue weighted by Gasteiger charge is 2.31. The second-order valence-corrected chi connectivity index (χ2v) is 6.49. The van der Waals surface area contributed by atoms with Crippen molar-refractivity contribution in [3.63, 3.8) is 0 Å². The van der Waals surface area contributed by atoms with Crippen LogP contribution < -0.4 is 5.32 Å². The van der Waals surface area contributed by atoms with Crippen LogP contribution in [-0.4, -0.2) is 18.4 Å². The van der Waals surface area contributed by atoms with Crippen LogP contribution in [0.3, 0.4) is 0 Å². The van der Waals surface area contributed by atoms with Gasteiger partial charge in [0.2, 0.25) is 0 Å². The lowest BCUT2D eigenvalue weighted by Gasteiger charge is -2.30. The first-order valence-corrected chi connectivity index (χ1v) is 5.85. The molecular formula is C13H27NO. The smallest absolute Gasteiger partial charge is 0.155 e. The molecule has 0 aromatic heterocycles. The molecule has 1 atom stereocenters. The minimum absolute atomic E-state index is 0.00463. The fraction of sp³-hybridized carbons (Fsp3) is 0.923. The molecule has 0 aliphatic heterocycles. The molecule has 2 nitrogen and oxygen atoms in total. The lowest BCUT2D eigenvalue weighted by molar-refractivity contribution is -0.129. The Morgan fingerprint density at radius 1 is 1.13 bits per heavy atom. The number of carbonyl (C=O) groups excluding carboxylic acids is 1. The van der Waals surface area contributed by atoms with Gasteiger partial charge in [-0.25, -0.2) is 0 Å². The summed E-state index contributed by atoms with van der Waals surface area (Å²) in [6.45, 7) is 15.4. The summed E-state index contributed by atoms with van der Waals surface area (Å²) in [5.41, 5.74) is -0.0637. The van der Waals surface area contributed by atoms with Gasteiger partial charge in [0, 0.05) is 5.41 Å². The lowest BCUT2D eigenvalue weighted by Crippen LogP contribution is -2.44. The number of rotatable bonds is 4. The molecule has 0 saturated carbocycles. The predicted molar refractivity (Wildman–Crippen MR) is 66.0 cm³/mol. The molecule has 0 unspecified atom stereocenters. The van der Waals surface area contributed by atoms with E-state index in [2.05, 4.69) is 26.1 Å². The Balaban J connectivity index is 4.60. The summed E-state index contributed by atoms with van der Waals surface area (Å²) in [5.74, 6) is 0.319. The van der Waals surface area contributed by atoms with E-state index in [0.29, 0.717) is 5.78 Å². The zero-order valence-electron chi connectivity index (χ0n) is 11.4. The monoisotopic (exact) mass is 213 g/mol. The highest BCUT2D eigenvalue weighted by Crippen LogP contribution is 2.26. The van der Waals surface area contributed by atoms with E-state index in [1.165, 1.54) is 0 Å². The Labute approximate surface area is 94.8 Å². The molecule has 0 aromatic rings. The van der Waals surface area contributed by atoms with Gasteiger partial charge in [-0.2, -0.15) is 0 Å². The first kappa shape index (κ1) is 14.6. The third-order valence-corrected chi connectivity index (χ3v) is 2.32.